The van der Waals surface area contributed by atoms with E-state index in [0.717, 1.165) is 15.7 Å². The van der Waals surface area contributed by atoms with Gasteiger partial charge in [0.1, 0.15) is 5.52 Å². The zero-order valence-electron chi connectivity index (χ0n) is 10.2. The third kappa shape index (κ3) is 2.00. The molecule has 19 heavy (non-hydrogen) atoms. The van der Waals surface area contributed by atoms with Crippen molar-refractivity contribution < 1.29 is 4.39 Å². The highest BCUT2D eigenvalue weighted by molar-refractivity contribution is 9.10. The van der Waals surface area contributed by atoms with Crippen LogP contribution in [-0.2, 0) is 0 Å². The Morgan fingerprint density at radius 3 is 2.79 bits per heavy atom. The van der Waals surface area contributed by atoms with Crippen molar-refractivity contribution in [3.63, 3.8) is 0 Å². The number of rotatable bonds is 1. The fourth-order valence-corrected chi connectivity index (χ4v) is 2.80. The minimum Gasteiger partial charge on any atom is -0.369 e. The molecule has 0 unspecified atom stereocenters. The van der Waals surface area contributed by atoms with Gasteiger partial charge in [0.2, 0.25) is 5.95 Å². The molecule has 5 heteroatoms. The van der Waals surface area contributed by atoms with Crippen molar-refractivity contribution in [2.75, 3.05) is 5.73 Å². The molecule has 0 spiro atoms. The Morgan fingerprint density at radius 2 is 2.05 bits per heavy atom. The van der Waals surface area contributed by atoms with E-state index < -0.39 is 0 Å². The molecule has 2 aromatic carbocycles. The monoisotopic (exact) mass is 319 g/mol. The summed E-state index contributed by atoms with van der Waals surface area (Å²) in [6.45, 7) is 1.99. The maximum Gasteiger partial charge on any atom is 0.206 e. The Balaban J connectivity index is 2.36. The first-order chi connectivity index (χ1) is 9.06. The lowest BCUT2D eigenvalue weighted by Gasteiger charge is -2.08. The molecule has 0 aliphatic heterocycles. The molecule has 1 aromatic heterocycles. The molecule has 0 amide bonds. The van der Waals surface area contributed by atoms with Crippen LogP contribution in [0, 0.1) is 12.7 Å². The maximum atomic E-state index is 13.7. The van der Waals surface area contributed by atoms with Gasteiger partial charge >= 0.3 is 0 Å². The summed E-state index contributed by atoms with van der Waals surface area (Å²) in [6.07, 6.45) is 0. The minimum absolute atomic E-state index is 0.276. The summed E-state index contributed by atoms with van der Waals surface area (Å²) in [7, 11) is 0. The van der Waals surface area contributed by atoms with Crippen LogP contribution in [-0.4, -0.2) is 9.55 Å². The van der Waals surface area contributed by atoms with Gasteiger partial charge in [0.05, 0.1) is 11.2 Å². The Morgan fingerprint density at radius 1 is 1.26 bits per heavy atom. The van der Waals surface area contributed by atoms with E-state index in [0.29, 0.717) is 5.52 Å². The predicted octanol–water partition coefficient (Wildman–Crippen LogP) is 3.82. The van der Waals surface area contributed by atoms with Crippen molar-refractivity contribution in [3.05, 3.63) is 52.3 Å². The third-order valence-corrected chi connectivity index (χ3v) is 3.40. The smallest absolute Gasteiger partial charge is 0.206 e. The Kier molecular flexibility index (Phi) is 2.78. The van der Waals surface area contributed by atoms with Gasteiger partial charge in [-0.1, -0.05) is 22.0 Å². The second-order valence-corrected chi connectivity index (χ2v) is 5.32. The lowest BCUT2D eigenvalue weighted by molar-refractivity contribution is 0.637. The number of imidazole rings is 1. The summed E-state index contributed by atoms with van der Waals surface area (Å²) < 4.78 is 16.4. The zero-order chi connectivity index (χ0) is 13.6. The summed E-state index contributed by atoms with van der Waals surface area (Å²) in [5.41, 5.74) is 8.82. The number of benzene rings is 2. The first kappa shape index (κ1) is 12.2. The van der Waals surface area contributed by atoms with Gasteiger partial charge in [-0.05, 0) is 42.8 Å². The van der Waals surface area contributed by atoms with Crippen molar-refractivity contribution in [1.82, 2.24) is 9.55 Å². The lowest BCUT2D eigenvalue weighted by Crippen LogP contribution is -2.00. The SMILES string of the molecule is Cc1cc(Br)cc(-n2c(N)nc3c(F)cccc32)c1. The van der Waals surface area contributed by atoms with Crippen molar-refractivity contribution in [3.8, 4) is 5.69 Å². The lowest BCUT2D eigenvalue weighted by atomic mass is 10.2. The molecule has 96 valence electrons. The fourth-order valence-electron chi connectivity index (χ4n) is 2.20. The quantitative estimate of drug-likeness (QED) is 0.741. The van der Waals surface area contributed by atoms with Crippen LogP contribution in [0.2, 0.25) is 0 Å². The highest BCUT2D eigenvalue weighted by Gasteiger charge is 2.13. The van der Waals surface area contributed by atoms with Gasteiger partial charge in [-0.15, -0.1) is 0 Å². The van der Waals surface area contributed by atoms with E-state index in [1.54, 1.807) is 16.7 Å². The van der Waals surface area contributed by atoms with Crippen LogP contribution in [0.5, 0.6) is 0 Å². The molecule has 2 N–H and O–H groups in total. The van der Waals surface area contributed by atoms with Crippen LogP contribution >= 0.6 is 15.9 Å². The van der Waals surface area contributed by atoms with E-state index in [4.69, 9.17) is 5.73 Å². The molecule has 0 atom stereocenters. The molecule has 0 fully saturated rings. The zero-order valence-corrected chi connectivity index (χ0v) is 11.8. The number of halogens is 2. The van der Waals surface area contributed by atoms with Crippen LogP contribution in [0.1, 0.15) is 5.56 Å². The largest absolute Gasteiger partial charge is 0.369 e. The van der Waals surface area contributed by atoms with Crippen LogP contribution < -0.4 is 5.73 Å². The maximum absolute atomic E-state index is 13.7. The minimum atomic E-state index is -0.366. The number of fused-ring (bicyclic) bond motifs is 1. The number of nitrogens with zero attached hydrogens (tertiary/aromatic N) is 2. The number of hydrogen-bond donors (Lipinski definition) is 1. The van der Waals surface area contributed by atoms with E-state index in [1.807, 2.05) is 25.1 Å². The van der Waals surface area contributed by atoms with Gasteiger partial charge in [0, 0.05) is 4.47 Å². The van der Waals surface area contributed by atoms with Gasteiger partial charge in [-0.25, -0.2) is 9.37 Å². The average molecular weight is 320 g/mol. The van der Waals surface area contributed by atoms with Gasteiger partial charge in [0.15, 0.2) is 5.82 Å². The molecule has 0 aliphatic carbocycles. The van der Waals surface area contributed by atoms with Crippen LogP contribution in [0.15, 0.2) is 40.9 Å². The van der Waals surface area contributed by atoms with E-state index in [2.05, 4.69) is 20.9 Å². The highest BCUT2D eigenvalue weighted by Crippen LogP contribution is 2.27. The van der Waals surface area contributed by atoms with Gasteiger partial charge < -0.3 is 5.73 Å². The van der Waals surface area contributed by atoms with Crippen LogP contribution in [0.3, 0.4) is 0 Å². The molecule has 3 nitrogen and oxygen atoms in total. The number of para-hydroxylation sites is 1. The molecule has 0 saturated heterocycles. The first-order valence-corrected chi connectivity index (χ1v) is 6.55. The van der Waals surface area contributed by atoms with Crippen molar-refractivity contribution >= 4 is 32.9 Å². The standard InChI is InChI=1S/C14H11BrFN3/c1-8-5-9(15)7-10(6-8)19-12-4-2-3-11(16)13(12)18-14(19)17/h2-7H,1H3,(H2,17,18). The highest BCUT2D eigenvalue weighted by atomic mass is 79.9. The fraction of sp³-hybridized carbons (Fsp3) is 0.0714. The third-order valence-electron chi connectivity index (χ3n) is 2.95. The second-order valence-electron chi connectivity index (χ2n) is 4.40. The number of nitrogens with two attached hydrogens (primary N) is 1. The van der Waals surface area contributed by atoms with E-state index in [-0.39, 0.29) is 17.3 Å². The van der Waals surface area contributed by atoms with Gasteiger partial charge in [-0.2, -0.15) is 0 Å². The molecule has 3 aromatic rings. The average Bonchev–Trinajstić information content (AvgIpc) is 2.65. The van der Waals surface area contributed by atoms with Crippen molar-refractivity contribution in [2.45, 2.75) is 6.92 Å². The number of nitrogen functional groups attached to an aromatic ring is 1. The number of aryl methyl sites for hydroxylation is 1. The Bertz CT molecular complexity index is 759. The van der Waals surface area contributed by atoms with Crippen molar-refractivity contribution in [2.24, 2.45) is 0 Å². The van der Waals surface area contributed by atoms with Gasteiger partial charge in [0.25, 0.3) is 0 Å². The summed E-state index contributed by atoms with van der Waals surface area (Å²) in [5, 5.41) is 0. The summed E-state index contributed by atoms with van der Waals surface area (Å²) in [4.78, 5) is 4.10. The molecule has 0 bridgehead atoms. The molecule has 0 saturated carbocycles. The Hall–Kier alpha value is -1.88. The van der Waals surface area contributed by atoms with E-state index in [1.165, 1.54) is 6.07 Å². The molecule has 0 radical (unpaired) electrons. The normalized spacial score (nSPS) is 11.1. The van der Waals surface area contributed by atoms with Crippen LogP contribution in [0.4, 0.5) is 10.3 Å². The first-order valence-electron chi connectivity index (χ1n) is 5.76. The van der Waals surface area contributed by atoms with E-state index >= 15 is 0 Å². The van der Waals surface area contributed by atoms with Crippen molar-refractivity contribution in [1.29, 1.82) is 0 Å². The number of hydrogen-bond acceptors (Lipinski definition) is 2. The van der Waals surface area contributed by atoms with Crippen LogP contribution in [0.25, 0.3) is 16.7 Å². The van der Waals surface area contributed by atoms with E-state index in [9.17, 15) is 4.39 Å². The molecular weight excluding hydrogens is 309 g/mol. The predicted molar refractivity (Wildman–Crippen MR) is 77.9 cm³/mol. The Labute approximate surface area is 118 Å². The molecular formula is C14H11BrFN3. The number of aromatic nitrogens is 2. The number of anilines is 1. The summed E-state index contributed by atoms with van der Waals surface area (Å²) in [5.74, 6) is -0.0905. The summed E-state index contributed by atoms with van der Waals surface area (Å²) >= 11 is 3.45. The molecule has 3 rings (SSSR count). The molecule has 1 heterocycles. The van der Waals surface area contributed by atoms with Gasteiger partial charge in [-0.3, -0.25) is 4.57 Å². The second kappa shape index (κ2) is 4.35. The topological polar surface area (TPSA) is 43.8 Å². The molecule has 0 aliphatic rings. The summed E-state index contributed by atoms with van der Waals surface area (Å²) in [6, 6.07) is 10.7.